The molecule has 1 aliphatic heterocycles. The van der Waals surface area contributed by atoms with Crippen molar-refractivity contribution in [2.45, 2.75) is 0 Å². The van der Waals surface area contributed by atoms with Crippen LogP contribution in [-0.4, -0.2) is 40.8 Å². The van der Waals surface area contributed by atoms with Crippen molar-refractivity contribution in [2.75, 3.05) is 51.1 Å². The highest BCUT2D eigenvalue weighted by Gasteiger charge is 2.14. The lowest BCUT2D eigenvalue weighted by atomic mass is 10.2. The second-order valence-corrected chi connectivity index (χ2v) is 9.00. The molecule has 0 saturated carbocycles. The average Bonchev–Trinajstić information content (AvgIpc) is 2.79. The van der Waals surface area contributed by atoms with Crippen LogP contribution in [-0.2, 0) is 0 Å². The number of nitrogens with zero attached hydrogens (tertiary/aromatic N) is 3. The van der Waals surface area contributed by atoms with Crippen LogP contribution in [0.25, 0.3) is 0 Å². The van der Waals surface area contributed by atoms with Crippen LogP contribution in [0.3, 0.4) is 0 Å². The number of rotatable bonds is 7. The van der Waals surface area contributed by atoms with E-state index in [1.54, 1.807) is 0 Å². The molecule has 162 valence electrons. The largest absolute Gasteiger partial charge is 0.370 e. The summed E-state index contributed by atoms with van der Waals surface area (Å²) in [6.07, 6.45) is 3.05. The van der Waals surface area contributed by atoms with E-state index in [4.69, 9.17) is 11.6 Å². The fourth-order valence-electron chi connectivity index (χ4n) is 3.18. The van der Waals surface area contributed by atoms with E-state index in [0.717, 1.165) is 42.2 Å². The standard InChI is InChI=1S/C21H22ClFN6S2/c1-30-28-19-5-3-2-4-18(19)25-20-16(23)13-24-21(27-20)26-17-7-6-14(12-15(17)22)29-8-10-31-11-9-29/h2-7,12-13,28H,8-11H2,1H3,(H2,24,25,26,27). The fourth-order valence-corrected chi connectivity index (χ4v) is 4.70. The molecule has 2 heterocycles. The van der Waals surface area contributed by atoms with Gasteiger partial charge in [-0.1, -0.05) is 35.7 Å². The van der Waals surface area contributed by atoms with Crippen molar-refractivity contribution >= 4 is 69.8 Å². The molecule has 6 nitrogen and oxygen atoms in total. The number of hydrogen-bond donors (Lipinski definition) is 3. The Morgan fingerprint density at radius 1 is 1.06 bits per heavy atom. The molecule has 0 spiro atoms. The van der Waals surface area contributed by atoms with Gasteiger partial charge in [0.05, 0.1) is 28.3 Å². The molecular formula is C21H22ClFN6S2. The monoisotopic (exact) mass is 476 g/mol. The maximum Gasteiger partial charge on any atom is 0.229 e. The zero-order valence-electron chi connectivity index (χ0n) is 16.9. The Kier molecular flexibility index (Phi) is 7.26. The maximum absolute atomic E-state index is 14.4. The first-order valence-corrected chi connectivity index (χ1v) is 12.5. The zero-order chi connectivity index (χ0) is 21.6. The van der Waals surface area contributed by atoms with Crippen LogP contribution in [0, 0.1) is 5.82 Å². The summed E-state index contributed by atoms with van der Waals surface area (Å²) >= 11 is 9.92. The van der Waals surface area contributed by atoms with Gasteiger partial charge in [-0.2, -0.15) is 16.7 Å². The smallest absolute Gasteiger partial charge is 0.229 e. The Morgan fingerprint density at radius 2 is 1.84 bits per heavy atom. The normalized spacial score (nSPS) is 13.7. The SMILES string of the molecule is CSNc1ccccc1Nc1nc(Nc2ccc(N3CCSCC3)cc2Cl)ncc1F. The number of halogens is 2. The van der Waals surface area contributed by atoms with Crippen molar-refractivity contribution in [3.05, 3.63) is 59.5 Å². The van der Waals surface area contributed by atoms with Gasteiger partial charge in [-0.3, -0.25) is 0 Å². The first-order valence-electron chi connectivity index (χ1n) is 9.71. The average molecular weight is 477 g/mol. The number of aromatic nitrogens is 2. The van der Waals surface area contributed by atoms with Crippen LogP contribution in [0.2, 0.25) is 5.02 Å². The van der Waals surface area contributed by atoms with Crippen LogP contribution in [0.5, 0.6) is 0 Å². The van der Waals surface area contributed by atoms with Gasteiger partial charge in [0.2, 0.25) is 5.95 Å². The van der Waals surface area contributed by atoms with Gasteiger partial charge in [0.25, 0.3) is 0 Å². The van der Waals surface area contributed by atoms with Gasteiger partial charge in [-0.15, -0.1) is 0 Å². The summed E-state index contributed by atoms with van der Waals surface area (Å²) in [6, 6.07) is 13.4. The Hall–Kier alpha value is -2.36. The van der Waals surface area contributed by atoms with E-state index in [0.29, 0.717) is 16.4 Å². The van der Waals surface area contributed by atoms with Crippen LogP contribution in [0.4, 0.5) is 38.9 Å². The Labute approximate surface area is 194 Å². The molecule has 1 aromatic heterocycles. The number of para-hydroxylation sites is 2. The minimum Gasteiger partial charge on any atom is -0.370 e. The van der Waals surface area contributed by atoms with Crippen molar-refractivity contribution in [1.82, 2.24) is 9.97 Å². The number of nitrogens with one attached hydrogen (secondary N) is 3. The molecule has 0 atom stereocenters. The number of benzene rings is 2. The second kappa shape index (κ2) is 10.3. The molecule has 1 fully saturated rings. The van der Waals surface area contributed by atoms with Gasteiger partial charge in [-0.25, -0.2) is 9.37 Å². The third-order valence-electron chi connectivity index (χ3n) is 4.71. The molecule has 1 aliphatic rings. The van der Waals surface area contributed by atoms with E-state index in [1.165, 1.54) is 11.9 Å². The maximum atomic E-state index is 14.4. The van der Waals surface area contributed by atoms with E-state index < -0.39 is 5.82 Å². The molecule has 0 aliphatic carbocycles. The van der Waals surface area contributed by atoms with Gasteiger partial charge in [0.1, 0.15) is 0 Å². The van der Waals surface area contributed by atoms with Crippen LogP contribution < -0.4 is 20.3 Å². The van der Waals surface area contributed by atoms with Gasteiger partial charge in [0, 0.05) is 36.5 Å². The molecule has 0 radical (unpaired) electrons. The lowest BCUT2D eigenvalue weighted by Crippen LogP contribution is -2.32. The lowest BCUT2D eigenvalue weighted by Gasteiger charge is -2.28. The molecule has 0 unspecified atom stereocenters. The number of anilines is 6. The zero-order valence-corrected chi connectivity index (χ0v) is 19.3. The highest BCUT2D eigenvalue weighted by atomic mass is 35.5. The molecule has 2 aromatic carbocycles. The molecule has 1 saturated heterocycles. The van der Waals surface area contributed by atoms with Crippen LogP contribution in [0.15, 0.2) is 48.7 Å². The Balaban J connectivity index is 1.52. The lowest BCUT2D eigenvalue weighted by molar-refractivity contribution is 0.619. The van der Waals surface area contributed by atoms with Gasteiger partial charge >= 0.3 is 0 Å². The summed E-state index contributed by atoms with van der Waals surface area (Å²) in [6.45, 7) is 2.02. The van der Waals surface area contributed by atoms with Crippen LogP contribution in [0.1, 0.15) is 0 Å². The predicted octanol–water partition coefficient (Wildman–Crippen LogP) is 6.00. The summed E-state index contributed by atoms with van der Waals surface area (Å²) in [5, 5.41) is 6.69. The molecule has 31 heavy (non-hydrogen) atoms. The molecule has 3 N–H and O–H groups in total. The minimum atomic E-state index is -0.547. The van der Waals surface area contributed by atoms with Gasteiger partial charge < -0.3 is 20.3 Å². The summed E-state index contributed by atoms with van der Waals surface area (Å²) in [7, 11) is 0. The first kappa shape index (κ1) is 21.9. The van der Waals surface area contributed by atoms with E-state index in [2.05, 4.69) is 30.2 Å². The van der Waals surface area contributed by atoms with Crippen molar-refractivity contribution in [3.63, 3.8) is 0 Å². The third-order valence-corrected chi connectivity index (χ3v) is 6.39. The van der Waals surface area contributed by atoms with Gasteiger partial charge in [-0.05, 0) is 30.3 Å². The summed E-state index contributed by atoms with van der Waals surface area (Å²) < 4.78 is 17.5. The summed E-state index contributed by atoms with van der Waals surface area (Å²) in [4.78, 5) is 10.7. The van der Waals surface area contributed by atoms with Crippen molar-refractivity contribution in [3.8, 4) is 0 Å². The molecule has 3 aromatic rings. The van der Waals surface area contributed by atoms with Crippen molar-refractivity contribution in [1.29, 1.82) is 0 Å². The van der Waals surface area contributed by atoms with E-state index in [-0.39, 0.29) is 11.8 Å². The molecule has 0 bridgehead atoms. The summed E-state index contributed by atoms with van der Waals surface area (Å²) in [5.74, 6) is 2.02. The molecule has 0 amide bonds. The minimum absolute atomic E-state index is 0.0754. The van der Waals surface area contributed by atoms with E-state index in [9.17, 15) is 4.39 Å². The summed E-state index contributed by atoms with van der Waals surface area (Å²) in [5.41, 5.74) is 3.30. The molecular weight excluding hydrogens is 455 g/mol. The highest BCUT2D eigenvalue weighted by molar-refractivity contribution is 7.99. The highest BCUT2D eigenvalue weighted by Crippen LogP contribution is 2.31. The third kappa shape index (κ3) is 5.47. The van der Waals surface area contributed by atoms with E-state index in [1.807, 2.05) is 60.5 Å². The molecule has 4 rings (SSSR count). The first-order chi connectivity index (χ1) is 15.1. The Morgan fingerprint density at radius 3 is 2.58 bits per heavy atom. The number of hydrogen-bond acceptors (Lipinski definition) is 8. The molecule has 10 heteroatoms. The van der Waals surface area contributed by atoms with Crippen LogP contribution >= 0.6 is 35.3 Å². The van der Waals surface area contributed by atoms with Crippen molar-refractivity contribution in [2.24, 2.45) is 0 Å². The topological polar surface area (TPSA) is 65.1 Å². The predicted molar refractivity (Wildman–Crippen MR) is 133 cm³/mol. The Bertz CT molecular complexity index is 1050. The fraction of sp³-hybridized carbons (Fsp3) is 0.238. The number of thioether (sulfide) groups is 1. The van der Waals surface area contributed by atoms with E-state index >= 15 is 0 Å². The van der Waals surface area contributed by atoms with Crippen molar-refractivity contribution < 1.29 is 4.39 Å². The quantitative estimate of drug-likeness (QED) is 0.359. The second-order valence-electron chi connectivity index (χ2n) is 6.76. The van der Waals surface area contributed by atoms with Gasteiger partial charge in [0.15, 0.2) is 11.6 Å².